The number of benzene rings is 3. The minimum Gasteiger partial charge on any atom is -0.308 e. The second-order valence-corrected chi connectivity index (χ2v) is 8.57. The SMILES string of the molecule is CC(C)Cc1cccc(CN(CCN(C)C)Cc2cccc3ccccc23)c1. The van der Waals surface area contributed by atoms with E-state index in [4.69, 9.17) is 0 Å². The van der Waals surface area contributed by atoms with Crippen molar-refractivity contribution in [3.05, 3.63) is 83.4 Å². The van der Waals surface area contributed by atoms with Gasteiger partial charge in [0.15, 0.2) is 0 Å². The molecule has 2 nitrogen and oxygen atoms in total. The number of hydrogen-bond donors (Lipinski definition) is 0. The predicted molar refractivity (Wildman–Crippen MR) is 122 cm³/mol. The van der Waals surface area contributed by atoms with Crippen LogP contribution in [0.1, 0.15) is 30.5 Å². The molecule has 3 aromatic carbocycles. The van der Waals surface area contributed by atoms with Crippen LogP contribution in [-0.4, -0.2) is 37.0 Å². The van der Waals surface area contributed by atoms with E-state index in [1.807, 2.05) is 0 Å². The molecule has 0 bridgehead atoms. The summed E-state index contributed by atoms with van der Waals surface area (Å²) in [5.74, 6) is 0.691. The minimum absolute atomic E-state index is 0.691. The van der Waals surface area contributed by atoms with Crippen LogP contribution in [0.4, 0.5) is 0 Å². The first-order valence-corrected chi connectivity index (χ1v) is 10.4. The zero-order chi connectivity index (χ0) is 19.9. The molecule has 148 valence electrons. The normalized spacial score (nSPS) is 11.8. The second kappa shape index (κ2) is 9.86. The Bertz CT molecular complexity index is 877. The van der Waals surface area contributed by atoms with E-state index in [0.29, 0.717) is 5.92 Å². The lowest BCUT2D eigenvalue weighted by Crippen LogP contribution is -2.31. The van der Waals surface area contributed by atoms with Crippen LogP contribution in [0.5, 0.6) is 0 Å². The maximum atomic E-state index is 2.58. The Morgan fingerprint density at radius 3 is 2.25 bits per heavy atom. The van der Waals surface area contributed by atoms with Crippen molar-refractivity contribution in [1.82, 2.24) is 9.80 Å². The molecule has 0 heterocycles. The Balaban J connectivity index is 1.81. The Kier molecular flexibility index (Phi) is 7.24. The van der Waals surface area contributed by atoms with Gasteiger partial charge in [0.25, 0.3) is 0 Å². The maximum Gasteiger partial charge on any atom is 0.0243 e. The van der Waals surface area contributed by atoms with E-state index in [9.17, 15) is 0 Å². The standard InChI is InChI=1S/C26H34N2/c1-21(2)17-22-9-7-10-23(18-22)19-28(16-15-27(3)4)20-25-13-8-12-24-11-5-6-14-26(24)25/h5-14,18,21H,15-17,19-20H2,1-4H3. The highest BCUT2D eigenvalue weighted by molar-refractivity contribution is 5.85. The molecule has 0 radical (unpaired) electrons. The molecule has 0 amide bonds. The van der Waals surface area contributed by atoms with Crippen molar-refractivity contribution in [1.29, 1.82) is 0 Å². The summed E-state index contributed by atoms with van der Waals surface area (Å²) >= 11 is 0. The fourth-order valence-corrected chi connectivity index (χ4v) is 3.81. The van der Waals surface area contributed by atoms with Crippen molar-refractivity contribution in [2.24, 2.45) is 5.92 Å². The molecule has 0 atom stereocenters. The molecule has 0 saturated heterocycles. The number of fused-ring (bicyclic) bond motifs is 1. The molecule has 3 rings (SSSR count). The summed E-state index contributed by atoms with van der Waals surface area (Å²) in [6.07, 6.45) is 1.15. The van der Waals surface area contributed by atoms with Crippen molar-refractivity contribution in [2.75, 3.05) is 27.2 Å². The van der Waals surface area contributed by atoms with Crippen LogP contribution in [0.25, 0.3) is 10.8 Å². The van der Waals surface area contributed by atoms with E-state index < -0.39 is 0 Å². The van der Waals surface area contributed by atoms with Gasteiger partial charge in [-0.1, -0.05) is 80.6 Å². The first-order chi connectivity index (χ1) is 13.5. The van der Waals surface area contributed by atoms with Gasteiger partial charge in [-0.3, -0.25) is 4.90 Å². The summed E-state index contributed by atoms with van der Waals surface area (Å²) < 4.78 is 0. The van der Waals surface area contributed by atoms with Crippen molar-refractivity contribution in [2.45, 2.75) is 33.4 Å². The molecular weight excluding hydrogens is 340 g/mol. The third-order valence-electron chi connectivity index (χ3n) is 5.18. The summed E-state index contributed by atoms with van der Waals surface area (Å²) in [7, 11) is 4.30. The van der Waals surface area contributed by atoms with Gasteiger partial charge in [0.2, 0.25) is 0 Å². The molecule has 28 heavy (non-hydrogen) atoms. The molecule has 3 aromatic rings. The Hall–Kier alpha value is -2.16. The third kappa shape index (κ3) is 5.92. The Morgan fingerprint density at radius 2 is 1.46 bits per heavy atom. The van der Waals surface area contributed by atoms with E-state index in [-0.39, 0.29) is 0 Å². The van der Waals surface area contributed by atoms with Crippen LogP contribution in [0.15, 0.2) is 66.7 Å². The van der Waals surface area contributed by atoms with Crippen LogP contribution in [0.2, 0.25) is 0 Å². The number of likely N-dealkylation sites (N-methyl/N-ethyl adjacent to an activating group) is 1. The van der Waals surface area contributed by atoms with E-state index in [2.05, 4.69) is 104 Å². The number of nitrogens with zero attached hydrogens (tertiary/aromatic N) is 2. The van der Waals surface area contributed by atoms with E-state index in [1.54, 1.807) is 0 Å². The van der Waals surface area contributed by atoms with Gasteiger partial charge in [-0.15, -0.1) is 0 Å². The summed E-state index contributed by atoms with van der Waals surface area (Å²) in [4.78, 5) is 4.85. The minimum atomic E-state index is 0.691. The van der Waals surface area contributed by atoms with E-state index in [1.165, 1.54) is 27.5 Å². The molecule has 0 aliphatic rings. The van der Waals surface area contributed by atoms with Gasteiger partial charge in [0.1, 0.15) is 0 Å². The largest absolute Gasteiger partial charge is 0.308 e. The fourth-order valence-electron chi connectivity index (χ4n) is 3.81. The van der Waals surface area contributed by atoms with Crippen LogP contribution < -0.4 is 0 Å². The second-order valence-electron chi connectivity index (χ2n) is 8.57. The van der Waals surface area contributed by atoms with Gasteiger partial charge in [-0.25, -0.2) is 0 Å². The van der Waals surface area contributed by atoms with Gasteiger partial charge >= 0.3 is 0 Å². The monoisotopic (exact) mass is 374 g/mol. The van der Waals surface area contributed by atoms with Gasteiger partial charge in [0, 0.05) is 26.2 Å². The first kappa shape index (κ1) is 20.6. The molecule has 2 heteroatoms. The molecule has 0 aliphatic carbocycles. The van der Waals surface area contributed by atoms with Crippen molar-refractivity contribution in [3.8, 4) is 0 Å². The Labute approximate surface area is 170 Å². The topological polar surface area (TPSA) is 6.48 Å². The quantitative estimate of drug-likeness (QED) is 0.481. The van der Waals surface area contributed by atoms with Crippen LogP contribution in [0, 0.1) is 5.92 Å². The molecule has 0 spiro atoms. The van der Waals surface area contributed by atoms with Crippen molar-refractivity contribution in [3.63, 3.8) is 0 Å². The highest BCUT2D eigenvalue weighted by Gasteiger charge is 2.11. The molecule has 0 unspecified atom stereocenters. The number of rotatable bonds is 9. The molecule has 0 aromatic heterocycles. The molecule has 0 saturated carbocycles. The van der Waals surface area contributed by atoms with Crippen LogP contribution in [0.3, 0.4) is 0 Å². The lowest BCUT2D eigenvalue weighted by molar-refractivity contribution is 0.227. The van der Waals surface area contributed by atoms with Gasteiger partial charge in [0.05, 0.1) is 0 Å². The van der Waals surface area contributed by atoms with E-state index in [0.717, 1.165) is 32.6 Å². The van der Waals surface area contributed by atoms with Crippen molar-refractivity contribution < 1.29 is 0 Å². The lowest BCUT2D eigenvalue weighted by atomic mass is 10.0. The van der Waals surface area contributed by atoms with Gasteiger partial charge in [-0.2, -0.15) is 0 Å². The Morgan fingerprint density at radius 1 is 0.750 bits per heavy atom. The smallest absolute Gasteiger partial charge is 0.0243 e. The summed E-state index contributed by atoms with van der Waals surface area (Å²) in [5, 5.41) is 2.69. The summed E-state index contributed by atoms with van der Waals surface area (Å²) in [6.45, 7) is 8.67. The zero-order valence-electron chi connectivity index (χ0n) is 17.9. The van der Waals surface area contributed by atoms with Crippen LogP contribution >= 0.6 is 0 Å². The maximum absolute atomic E-state index is 2.58. The molecule has 0 N–H and O–H groups in total. The average Bonchev–Trinajstić information content (AvgIpc) is 2.66. The van der Waals surface area contributed by atoms with E-state index >= 15 is 0 Å². The lowest BCUT2D eigenvalue weighted by Gasteiger charge is -2.25. The highest BCUT2D eigenvalue weighted by atomic mass is 15.2. The predicted octanol–water partition coefficient (Wildman–Crippen LogP) is 5.60. The highest BCUT2D eigenvalue weighted by Crippen LogP contribution is 2.21. The summed E-state index contributed by atoms with van der Waals surface area (Å²) in [5.41, 5.74) is 4.28. The molecule has 0 fully saturated rings. The first-order valence-electron chi connectivity index (χ1n) is 10.4. The fraction of sp³-hybridized carbons (Fsp3) is 0.385. The number of hydrogen-bond acceptors (Lipinski definition) is 2. The molecule has 0 aliphatic heterocycles. The average molecular weight is 375 g/mol. The summed E-state index contributed by atoms with van der Waals surface area (Å²) in [6, 6.07) is 24.5. The molecular formula is C26H34N2. The zero-order valence-corrected chi connectivity index (χ0v) is 17.9. The van der Waals surface area contributed by atoms with Crippen molar-refractivity contribution >= 4 is 10.8 Å². The van der Waals surface area contributed by atoms with Gasteiger partial charge in [-0.05, 0) is 53.9 Å². The third-order valence-corrected chi connectivity index (χ3v) is 5.18. The van der Waals surface area contributed by atoms with Crippen LogP contribution in [-0.2, 0) is 19.5 Å². The van der Waals surface area contributed by atoms with Gasteiger partial charge < -0.3 is 4.90 Å².